The average molecular weight is 299 g/mol. The number of aliphatic hydroxyl groups excluding tert-OH is 1. The molecule has 1 atom stereocenters. The van der Waals surface area contributed by atoms with Gasteiger partial charge in [0.2, 0.25) is 0 Å². The maximum Gasteiger partial charge on any atom is 0.161 e. The molecule has 0 aromatic carbocycles. The van der Waals surface area contributed by atoms with Crippen molar-refractivity contribution in [1.82, 2.24) is 4.98 Å². The summed E-state index contributed by atoms with van der Waals surface area (Å²) in [7, 11) is 0. The van der Waals surface area contributed by atoms with Crippen molar-refractivity contribution in [3.63, 3.8) is 0 Å². The highest BCUT2D eigenvalue weighted by Gasteiger charge is 2.13. The summed E-state index contributed by atoms with van der Waals surface area (Å²) in [4.78, 5) is 3.76. The number of halogens is 3. The van der Waals surface area contributed by atoms with E-state index in [1.165, 1.54) is 13.0 Å². The third-order valence-corrected chi connectivity index (χ3v) is 2.30. The topological polar surface area (TPSA) is 33.1 Å². The van der Waals surface area contributed by atoms with Gasteiger partial charge in [-0.15, -0.1) is 0 Å². The smallest absolute Gasteiger partial charge is 0.161 e. The molecule has 0 saturated carbocycles. The Bertz CT molecular complexity index is 304. The molecule has 0 bridgehead atoms. The second kappa shape index (κ2) is 3.81. The van der Waals surface area contributed by atoms with Gasteiger partial charge in [0, 0.05) is 5.56 Å². The maximum atomic E-state index is 13.1. The van der Waals surface area contributed by atoms with Crippen LogP contribution in [0.5, 0.6) is 0 Å². The Hall–Kier alpha value is -0.000000000000000111. The molecule has 5 heteroatoms. The first-order chi connectivity index (χ1) is 5.52. The lowest BCUT2D eigenvalue weighted by molar-refractivity contribution is 0.193. The van der Waals surface area contributed by atoms with Crippen LogP contribution in [0.25, 0.3) is 0 Å². The number of aliphatic hydroxyl groups is 1. The molecular weight excluding hydrogens is 293 g/mol. The summed E-state index contributed by atoms with van der Waals surface area (Å²) in [5.74, 6) is -0.520. The minimum absolute atomic E-state index is 0.104. The zero-order chi connectivity index (χ0) is 9.30. The molecule has 0 aliphatic heterocycles. The number of pyridine rings is 1. The fourth-order valence-corrected chi connectivity index (χ4v) is 1.87. The van der Waals surface area contributed by atoms with Crippen LogP contribution in [0.2, 0.25) is 0 Å². The van der Waals surface area contributed by atoms with Gasteiger partial charge in [0.15, 0.2) is 5.82 Å². The summed E-state index contributed by atoms with van der Waals surface area (Å²) in [6, 6.07) is 1.45. The van der Waals surface area contributed by atoms with Gasteiger partial charge in [-0.25, -0.2) is 9.37 Å². The van der Waals surface area contributed by atoms with Crippen LogP contribution in [0, 0.1) is 5.82 Å². The molecule has 1 aromatic heterocycles. The summed E-state index contributed by atoms with van der Waals surface area (Å²) in [6.07, 6.45) is -0.833. The van der Waals surface area contributed by atoms with Gasteiger partial charge >= 0.3 is 0 Å². The minimum atomic E-state index is -0.833. The van der Waals surface area contributed by atoms with Crippen LogP contribution < -0.4 is 0 Å². The van der Waals surface area contributed by atoms with Gasteiger partial charge in [-0.05, 0) is 44.8 Å². The molecule has 12 heavy (non-hydrogen) atoms. The van der Waals surface area contributed by atoms with E-state index in [1.54, 1.807) is 0 Å². The third-order valence-electron chi connectivity index (χ3n) is 1.36. The van der Waals surface area contributed by atoms with Gasteiger partial charge in [-0.1, -0.05) is 0 Å². The number of nitrogens with zero attached hydrogens (tertiary/aromatic N) is 1. The quantitative estimate of drug-likeness (QED) is 0.809. The van der Waals surface area contributed by atoms with Gasteiger partial charge < -0.3 is 5.11 Å². The molecule has 0 fully saturated rings. The Labute approximate surface area is 86.1 Å². The molecule has 1 heterocycles. The summed E-state index contributed by atoms with van der Waals surface area (Å²) in [5.41, 5.74) is 0.226. The normalized spacial score (nSPS) is 13.1. The van der Waals surface area contributed by atoms with Crippen LogP contribution in [0.1, 0.15) is 18.6 Å². The lowest BCUT2D eigenvalue weighted by Crippen LogP contribution is -1.98. The zero-order valence-corrected chi connectivity index (χ0v) is 9.36. The molecular formula is C7H6Br2FNO. The van der Waals surface area contributed by atoms with E-state index in [0.29, 0.717) is 4.60 Å². The second-order valence-corrected chi connectivity index (χ2v) is 3.88. The molecule has 0 aliphatic carbocycles. The molecule has 0 radical (unpaired) electrons. The van der Waals surface area contributed by atoms with Crippen molar-refractivity contribution in [3.05, 3.63) is 26.7 Å². The van der Waals surface area contributed by atoms with Crippen molar-refractivity contribution in [1.29, 1.82) is 0 Å². The van der Waals surface area contributed by atoms with Gasteiger partial charge in [-0.3, -0.25) is 0 Å². The molecule has 1 aromatic rings. The summed E-state index contributed by atoms with van der Waals surface area (Å²) in [5, 5.41) is 9.14. The van der Waals surface area contributed by atoms with E-state index in [0.717, 1.165) is 0 Å². The molecule has 1 N–H and O–H groups in total. The van der Waals surface area contributed by atoms with Crippen molar-refractivity contribution in [3.8, 4) is 0 Å². The first-order valence-corrected chi connectivity index (χ1v) is 4.80. The van der Waals surface area contributed by atoms with Crippen molar-refractivity contribution >= 4 is 31.9 Å². The van der Waals surface area contributed by atoms with Crippen molar-refractivity contribution in [2.45, 2.75) is 13.0 Å². The Kier molecular flexibility index (Phi) is 3.20. The van der Waals surface area contributed by atoms with Gasteiger partial charge in [0.1, 0.15) is 9.21 Å². The highest BCUT2D eigenvalue weighted by atomic mass is 79.9. The molecule has 66 valence electrons. The lowest BCUT2D eigenvalue weighted by Gasteiger charge is -2.07. The molecule has 0 aliphatic rings. The zero-order valence-electron chi connectivity index (χ0n) is 6.18. The Morgan fingerprint density at radius 2 is 2.17 bits per heavy atom. The number of hydrogen-bond acceptors (Lipinski definition) is 2. The predicted molar refractivity (Wildman–Crippen MR) is 50.2 cm³/mol. The van der Waals surface area contributed by atoms with E-state index in [9.17, 15) is 4.39 Å². The molecule has 0 saturated heterocycles. The maximum absolute atomic E-state index is 13.1. The fourth-order valence-electron chi connectivity index (χ4n) is 0.790. The van der Waals surface area contributed by atoms with Gasteiger partial charge in [0.25, 0.3) is 0 Å². The summed E-state index contributed by atoms with van der Waals surface area (Å²) < 4.78 is 13.7. The lowest BCUT2D eigenvalue weighted by atomic mass is 10.2. The van der Waals surface area contributed by atoms with Crippen molar-refractivity contribution in [2.75, 3.05) is 0 Å². The standard InChI is InChI=1S/C7H6Br2FNO/c1-3(12)4-2-5(8)11-7(9)6(4)10/h2-3,12H,1H3. The highest BCUT2D eigenvalue weighted by Crippen LogP contribution is 2.25. The first kappa shape index (κ1) is 10.1. The predicted octanol–water partition coefficient (Wildman–Crippen LogP) is 2.80. The second-order valence-electron chi connectivity index (χ2n) is 2.31. The van der Waals surface area contributed by atoms with E-state index < -0.39 is 11.9 Å². The first-order valence-electron chi connectivity index (χ1n) is 3.22. The van der Waals surface area contributed by atoms with E-state index in [2.05, 4.69) is 36.8 Å². The molecule has 0 spiro atoms. The van der Waals surface area contributed by atoms with Crippen LogP contribution in [0.4, 0.5) is 4.39 Å². The van der Waals surface area contributed by atoms with Crippen LogP contribution >= 0.6 is 31.9 Å². The molecule has 1 rings (SSSR count). The van der Waals surface area contributed by atoms with E-state index in [-0.39, 0.29) is 10.2 Å². The molecule has 1 unspecified atom stereocenters. The average Bonchev–Trinajstić information content (AvgIpc) is 1.96. The van der Waals surface area contributed by atoms with Crippen molar-refractivity contribution in [2.24, 2.45) is 0 Å². The van der Waals surface area contributed by atoms with Crippen LogP contribution in [-0.2, 0) is 0 Å². The molecule has 0 amide bonds. The van der Waals surface area contributed by atoms with E-state index in [1.807, 2.05) is 0 Å². The van der Waals surface area contributed by atoms with Gasteiger partial charge in [0.05, 0.1) is 6.10 Å². The van der Waals surface area contributed by atoms with Crippen LogP contribution in [0.3, 0.4) is 0 Å². The molecule has 2 nitrogen and oxygen atoms in total. The summed E-state index contributed by atoms with van der Waals surface area (Å²) in [6.45, 7) is 1.50. The minimum Gasteiger partial charge on any atom is -0.389 e. The van der Waals surface area contributed by atoms with E-state index >= 15 is 0 Å². The van der Waals surface area contributed by atoms with Crippen LogP contribution in [0.15, 0.2) is 15.3 Å². The van der Waals surface area contributed by atoms with E-state index in [4.69, 9.17) is 5.11 Å². The monoisotopic (exact) mass is 297 g/mol. The van der Waals surface area contributed by atoms with Crippen molar-refractivity contribution < 1.29 is 9.50 Å². The Balaban J connectivity index is 3.28. The fraction of sp³-hybridized carbons (Fsp3) is 0.286. The number of hydrogen-bond donors (Lipinski definition) is 1. The number of rotatable bonds is 1. The van der Waals surface area contributed by atoms with Gasteiger partial charge in [-0.2, -0.15) is 0 Å². The Morgan fingerprint density at radius 1 is 1.58 bits per heavy atom. The third kappa shape index (κ3) is 2.02. The largest absolute Gasteiger partial charge is 0.389 e. The van der Waals surface area contributed by atoms with Crippen LogP contribution in [-0.4, -0.2) is 10.1 Å². The number of aromatic nitrogens is 1. The highest BCUT2D eigenvalue weighted by molar-refractivity contribution is 9.11. The summed E-state index contributed by atoms with van der Waals surface area (Å²) >= 11 is 6.03. The Morgan fingerprint density at radius 3 is 2.67 bits per heavy atom. The SMILES string of the molecule is CC(O)c1cc(Br)nc(Br)c1F.